The van der Waals surface area contributed by atoms with E-state index in [1.54, 1.807) is 6.92 Å². The van der Waals surface area contributed by atoms with Gasteiger partial charge in [-0.15, -0.1) is 0 Å². The highest BCUT2D eigenvalue weighted by atomic mass is 16.1. The van der Waals surface area contributed by atoms with Crippen LogP contribution in [0.2, 0.25) is 0 Å². The van der Waals surface area contributed by atoms with Gasteiger partial charge in [-0.1, -0.05) is 19.9 Å². The van der Waals surface area contributed by atoms with Gasteiger partial charge in [-0.2, -0.15) is 0 Å². The Morgan fingerprint density at radius 2 is 2.18 bits per heavy atom. The highest BCUT2D eigenvalue weighted by molar-refractivity contribution is 5.94. The average Bonchev–Trinajstić information content (AvgIpc) is 1.99. The Labute approximate surface area is 68.5 Å². The van der Waals surface area contributed by atoms with E-state index in [-0.39, 0.29) is 5.78 Å². The molecule has 0 aromatic heterocycles. The second-order valence-corrected chi connectivity index (χ2v) is 2.92. The summed E-state index contributed by atoms with van der Waals surface area (Å²) in [5, 5.41) is 0. The topological polar surface area (TPSA) is 43.1 Å². The van der Waals surface area contributed by atoms with Crippen LogP contribution in [0.4, 0.5) is 0 Å². The molecule has 1 unspecified atom stereocenters. The number of hydrogen-bond acceptors (Lipinski definition) is 2. The van der Waals surface area contributed by atoms with Crippen LogP contribution in [0.15, 0.2) is 12.2 Å². The molecule has 0 saturated heterocycles. The summed E-state index contributed by atoms with van der Waals surface area (Å²) >= 11 is 0. The summed E-state index contributed by atoms with van der Waals surface area (Å²) in [6, 6.07) is 0. The SMILES string of the molecule is C=C(C)C(=O)CC(CC)CN. The summed E-state index contributed by atoms with van der Waals surface area (Å²) in [5.41, 5.74) is 6.09. The molecule has 0 aliphatic heterocycles. The van der Waals surface area contributed by atoms with Crippen LogP contribution in [-0.2, 0) is 4.79 Å². The third-order valence-corrected chi connectivity index (χ3v) is 1.86. The molecule has 11 heavy (non-hydrogen) atoms. The molecule has 0 radical (unpaired) electrons. The number of carbonyl (C=O) groups is 1. The van der Waals surface area contributed by atoms with Crippen LogP contribution in [-0.4, -0.2) is 12.3 Å². The van der Waals surface area contributed by atoms with E-state index in [2.05, 4.69) is 6.58 Å². The van der Waals surface area contributed by atoms with E-state index in [1.807, 2.05) is 6.92 Å². The zero-order chi connectivity index (χ0) is 8.85. The van der Waals surface area contributed by atoms with Crippen LogP contribution in [0.1, 0.15) is 26.7 Å². The van der Waals surface area contributed by atoms with Crippen LogP contribution in [0, 0.1) is 5.92 Å². The summed E-state index contributed by atoms with van der Waals surface area (Å²) < 4.78 is 0. The van der Waals surface area contributed by atoms with Gasteiger partial charge < -0.3 is 5.73 Å². The van der Waals surface area contributed by atoms with E-state index in [4.69, 9.17) is 5.73 Å². The Hall–Kier alpha value is -0.630. The monoisotopic (exact) mass is 155 g/mol. The van der Waals surface area contributed by atoms with Crippen molar-refractivity contribution < 1.29 is 4.79 Å². The lowest BCUT2D eigenvalue weighted by Gasteiger charge is -2.09. The van der Waals surface area contributed by atoms with Gasteiger partial charge in [0.25, 0.3) is 0 Å². The van der Waals surface area contributed by atoms with Crippen molar-refractivity contribution in [3.63, 3.8) is 0 Å². The molecule has 64 valence electrons. The fourth-order valence-electron chi connectivity index (χ4n) is 0.831. The smallest absolute Gasteiger partial charge is 0.158 e. The molecule has 0 spiro atoms. The molecular formula is C9H17NO. The summed E-state index contributed by atoms with van der Waals surface area (Å²) in [4.78, 5) is 11.1. The summed E-state index contributed by atoms with van der Waals surface area (Å²) in [6.45, 7) is 7.97. The minimum atomic E-state index is 0.141. The quantitative estimate of drug-likeness (QED) is 0.611. The molecule has 2 nitrogen and oxygen atoms in total. The molecule has 0 rings (SSSR count). The second-order valence-electron chi connectivity index (χ2n) is 2.92. The zero-order valence-electron chi connectivity index (χ0n) is 7.39. The molecule has 0 aliphatic carbocycles. The minimum Gasteiger partial charge on any atom is -0.330 e. The Balaban J connectivity index is 3.81. The molecular weight excluding hydrogens is 138 g/mol. The fourth-order valence-corrected chi connectivity index (χ4v) is 0.831. The van der Waals surface area contributed by atoms with Crippen LogP contribution in [0.3, 0.4) is 0 Å². The van der Waals surface area contributed by atoms with E-state index < -0.39 is 0 Å². The highest BCUT2D eigenvalue weighted by Crippen LogP contribution is 2.09. The van der Waals surface area contributed by atoms with Gasteiger partial charge in [0, 0.05) is 6.42 Å². The Bertz CT molecular complexity index is 148. The van der Waals surface area contributed by atoms with Gasteiger partial charge >= 0.3 is 0 Å². The van der Waals surface area contributed by atoms with Crippen LogP contribution in [0.5, 0.6) is 0 Å². The van der Waals surface area contributed by atoms with Crippen molar-refractivity contribution in [2.24, 2.45) is 11.7 Å². The number of nitrogens with two attached hydrogens (primary N) is 1. The maximum Gasteiger partial charge on any atom is 0.158 e. The third-order valence-electron chi connectivity index (χ3n) is 1.86. The molecule has 0 aromatic rings. The summed E-state index contributed by atoms with van der Waals surface area (Å²) in [5.74, 6) is 0.474. The van der Waals surface area contributed by atoms with Gasteiger partial charge in [0.2, 0.25) is 0 Å². The first-order valence-electron chi connectivity index (χ1n) is 4.00. The standard InChI is InChI=1S/C9H17NO/c1-4-8(6-10)5-9(11)7(2)3/h8H,2,4-6,10H2,1,3H3. The lowest BCUT2D eigenvalue weighted by atomic mass is 9.97. The first-order chi connectivity index (χ1) is 5.11. The molecule has 1 atom stereocenters. The Morgan fingerprint density at radius 3 is 2.45 bits per heavy atom. The molecule has 0 aromatic carbocycles. The number of ketones is 1. The molecule has 0 amide bonds. The number of allylic oxidation sites excluding steroid dienone is 1. The first kappa shape index (κ1) is 10.4. The van der Waals surface area contributed by atoms with Gasteiger partial charge in [0.1, 0.15) is 0 Å². The maximum atomic E-state index is 11.1. The molecule has 0 aliphatic rings. The van der Waals surface area contributed by atoms with Gasteiger partial charge in [0.15, 0.2) is 5.78 Å². The molecule has 2 heteroatoms. The first-order valence-corrected chi connectivity index (χ1v) is 4.00. The average molecular weight is 155 g/mol. The maximum absolute atomic E-state index is 11.1. The summed E-state index contributed by atoms with van der Waals surface area (Å²) in [7, 11) is 0. The number of carbonyl (C=O) groups excluding carboxylic acids is 1. The Morgan fingerprint density at radius 1 is 1.64 bits per heavy atom. The lowest BCUT2D eigenvalue weighted by Crippen LogP contribution is -2.17. The van der Waals surface area contributed by atoms with Crippen molar-refractivity contribution in [1.29, 1.82) is 0 Å². The number of rotatable bonds is 5. The minimum absolute atomic E-state index is 0.141. The molecule has 0 heterocycles. The lowest BCUT2D eigenvalue weighted by molar-refractivity contribution is -0.116. The summed E-state index contributed by atoms with van der Waals surface area (Å²) in [6.07, 6.45) is 1.53. The van der Waals surface area contributed by atoms with Crippen molar-refractivity contribution in [1.82, 2.24) is 0 Å². The predicted molar refractivity (Wildman–Crippen MR) is 47.3 cm³/mol. The van der Waals surface area contributed by atoms with Crippen molar-refractivity contribution in [2.45, 2.75) is 26.7 Å². The fraction of sp³-hybridized carbons (Fsp3) is 0.667. The van der Waals surface area contributed by atoms with E-state index in [9.17, 15) is 4.79 Å². The molecule has 0 saturated carbocycles. The van der Waals surface area contributed by atoms with Crippen molar-refractivity contribution in [3.8, 4) is 0 Å². The largest absolute Gasteiger partial charge is 0.330 e. The van der Waals surface area contributed by atoms with Gasteiger partial charge in [-0.3, -0.25) is 4.79 Å². The third kappa shape index (κ3) is 3.94. The van der Waals surface area contributed by atoms with Gasteiger partial charge in [-0.25, -0.2) is 0 Å². The molecule has 2 N–H and O–H groups in total. The van der Waals surface area contributed by atoms with E-state index in [0.29, 0.717) is 24.5 Å². The number of Topliss-reactive ketones (excluding diaryl/α,β-unsaturated/α-hetero) is 1. The van der Waals surface area contributed by atoms with Crippen LogP contribution < -0.4 is 5.73 Å². The van der Waals surface area contributed by atoms with E-state index in [0.717, 1.165) is 6.42 Å². The van der Waals surface area contributed by atoms with Crippen LogP contribution in [0.25, 0.3) is 0 Å². The van der Waals surface area contributed by atoms with Gasteiger partial charge in [0.05, 0.1) is 0 Å². The molecule has 0 bridgehead atoms. The van der Waals surface area contributed by atoms with E-state index in [1.165, 1.54) is 0 Å². The van der Waals surface area contributed by atoms with Crippen molar-refractivity contribution in [3.05, 3.63) is 12.2 Å². The van der Waals surface area contributed by atoms with Crippen molar-refractivity contribution in [2.75, 3.05) is 6.54 Å². The number of hydrogen-bond donors (Lipinski definition) is 1. The van der Waals surface area contributed by atoms with Gasteiger partial charge in [-0.05, 0) is 25.0 Å². The zero-order valence-corrected chi connectivity index (χ0v) is 7.39. The predicted octanol–water partition coefficient (Wildman–Crippen LogP) is 1.51. The molecule has 0 fully saturated rings. The van der Waals surface area contributed by atoms with E-state index >= 15 is 0 Å². The second kappa shape index (κ2) is 5.08. The van der Waals surface area contributed by atoms with Crippen LogP contribution >= 0.6 is 0 Å². The van der Waals surface area contributed by atoms with Crippen molar-refractivity contribution >= 4 is 5.78 Å². The normalized spacial score (nSPS) is 12.6. The highest BCUT2D eigenvalue weighted by Gasteiger charge is 2.10. The Kier molecular flexibility index (Phi) is 4.79.